The molecule has 3 rings (SSSR count). The summed E-state index contributed by atoms with van der Waals surface area (Å²) < 4.78 is 9.09. The van der Waals surface area contributed by atoms with Crippen molar-refractivity contribution in [1.82, 2.24) is 4.57 Å². The van der Waals surface area contributed by atoms with Gasteiger partial charge in [-0.2, -0.15) is 0 Å². The average molecular weight is 408 g/mol. The van der Waals surface area contributed by atoms with Gasteiger partial charge in [-0.3, -0.25) is 9.59 Å². The molecule has 1 amide bonds. The lowest BCUT2D eigenvalue weighted by molar-refractivity contribution is -0.674. The third kappa shape index (κ3) is 4.25. The van der Waals surface area contributed by atoms with Gasteiger partial charge in [-0.1, -0.05) is 0 Å². The molecule has 0 saturated carbocycles. The SMILES string of the molecule is CCOC(=O)c1ccc2c(c1)n(CC(=O)Nc1ccc(C(C)=O)cc1)c(C)[n+]2CC. The predicted octanol–water partition coefficient (Wildman–Crippen LogP) is 3.28. The topological polar surface area (TPSA) is 81.3 Å². The number of amides is 1. The van der Waals surface area contributed by atoms with Gasteiger partial charge < -0.3 is 10.1 Å². The number of aryl methyl sites for hydroxylation is 1. The van der Waals surface area contributed by atoms with E-state index in [9.17, 15) is 14.4 Å². The number of imidazole rings is 1. The van der Waals surface area contributed by atoms with Gasteiger partial charge in [-0.15, -0.1) is 0 Å². The van der Waals surface area contributed by atoms with Crippen LogP contribution < -0.4 is 9.88 Å². The number of nitrogens with zero attached hydrogens (tertiary/aromatic N) is 2. The standard InChI is InChI=1S/C23H25N3O4/c1-5-25-16(4)26(21-13-18(9-12-20(21)25)23(29)30-6-2)14-22(28)24-19-10-7-17(8-11-19)15(3)27/h7-13H,5-6,14H2,1-4H3/p+1. The van der Waals surface area contributed by atoms with E-state index in [1.54, 1.807) is 43.3 Å². The second-order valence-corrected chi connectivity index (χ2v) is 6.98. The molecule has 0 spiro atoms. The van der Waals surface area contributed by atoms with Gasteiger partial charge in [-0.05, 0) is 57.2 Å². The number of Topliss-reactive ketones (excluding diaryl/α,β-unsaturated/α-hetero) is 1. The molecule has 0 unspecified atom stereocenters. The minimum absolute atomic E-state index is 0.0242. The number of ketones is 1. The predicted molar refractivity (Wildman–Crippen MR) is 114 cm³/mol. The molecule has 0 aliphatic heterocycles. The number of nitrogens with one attached hydrogen (secondary N) is 1. The van der Waals surface area contributed by atoms with Gasteiger partial charge in [0.1, 0.15) is 0 Å². The van der Waals surface area contributed by atoms with Gasteiger partial charge in [0.05, 0.1) is 18.7 Å². The molecule has 0 atom stereocenters. The van der Waals surface area contributed by atoms with Crippen molar-refractivity contribution < 1.29 is 23.7 Å². The monoisotopic (exact) mass is 408 g/mol. The lowest BCUT2D eigenvalue weighted by Gasteiger charge is -2.06. The van der Waals surface area contributed by atoms with Crippen LogP contribution in [-0.4, -0.2) is 28.8 Å². The second kappa shape index (κ2) is 8.90. The fourth-order valence-corrected chi connectivity index (χ4v) is 3.53. The molecule has 156 valence electrons. The zero-order valence-electron chi connectivity index (χ0n) is 17.7. The summed E-state index contributed by atoms with van der Waals surface area (Å²) in [4.78, 5) is 36.3. The quantitative estimate of drug-likeness (QED) is 0.370. The van der Waals surface area contributed by atoms with Crippen molar-refractivity contribution >= 4 is 34.4 Å². The Balaban J connectivity index is 1.90. The summed E-state index contributed by atoms with van der Waals surface area (Å²) in [5, 5.41) is 2.86. The van der Waals surface area contributed by atoms with E-state index in [0.717, 1.165) is 23.4 Å². The molecule has 0 fully saturated rings. The number of esters is 1. The van der Waals surface area contributed by atoms with E-state index in [1.807, 2.05) is 24.5 Å². The van der Waals surface area contributed by atoms with Crippen LogP contribution in [-0.2, 0) is 22.6 Å². The van der Waals surface area contributed by atoms with E-state index in [1.165, 1.54) is 6.92 Å². The summed E-state index contributed by atoms with van der Waals surface area (Å²) in [6.45, 7) is 8.38. The fraction of sp³-hybridized carbons (Fsp3) is 0.304. The summed E-state index contributed by atoms with van der Waals surface area (Å²) >= 11 is 0. The number of carbonyl (C=O) groups excluding carboxylic acids is 3. The first-order valence-electron chi connectivity index (χ1n) is 9.96. The molecule has 1 aromatic heterocycles. The molecule has 0 bridgehead atoms. The molecule has 30 heavy (non-hydrogen) atoms. The Hall–Kier alpha value is -3.48. The van der Waals surface area contributed by atoms with E-state index < -0.39 is 0 Å². The molecular weight excluding hydrogens is 382 g/mol. The molecule has 7 nitrogen and oxygen atoms in total. The van der Waals surface area contributed by atoms with Gasteiger partial charge in [0.2, 0.25) is 0 Å². The number of ether oxygens (including phenoxy) is 1. The summed E-state index contributed by atoms with van der Waals surface area (Å²) in [6.07, 6.45) is 0. The summed E-state index contributed by atoms with van der Waals surface area (Å²) in [5.74, 6) is 0.303. The zero-order valence-corrected chi connectivity index (χ0v) is 17.7. The first-order valence-corrected chi connectivity index (χ1v) is 9.96. The normalized spacial score (nSPS) is 10.8. The Bertz CT molecular complexity index is 1110. The molecule has 2 aromatic carbocycles. The van der Waals surface area contributed by atoms with Crippen LogP contribution in [0, 0.1) is 6.92 Å². The molecule has 3 aromatic rings. The molecular formula is C23H26N3O4+. The van der Waals surface area contributed by atoms with E-state index in [4.69, 9.17) is 4.74 Å². The number of fused-ring (bicyclic) bond motifs is 1. The highest BCUT2D eigenvalue weighted by Crippen LogP contribution is 2.18. The van der Waals surface area contributed by atoms with Crippen LogP contribution in [0.2, 0.25) is 0 Å². The minimum atomic E-state index is -0.386. The summed E-state index contributed by atoms with van der Waals surface area (Å²) in [6, 6.07) is 12.2. The molecule has 0 radical (unpaired) electrons. The maximum Gasteiger partial charge on any atom is 0.338 e. The Kier molecular flexibility index (Phi) is 6.30. The lowest BCUT2D eigenvalue weighted by Crippen LogP contribution is -2.35. The zero-order chi connectivity index (χ0) is 21.8. The average Bonchev–Trinajstić information content (AvgIpc) is 2.98. The number of aromatic nitrogens is 2. The van der Waals surface area contributed by atoms with Crippen molar-refractivity contribution in [3.63, 3.8) is 0 Å². The summed E-state index contributed by atoms with van der Waals surface area (Å²) in [5.41, 5.74) is 3.40. The number of anilines is 1. The smallest absolute Gasteiger partial charge is 0.338 e. The van der Waals surface area contributed by atoms with Gasteiger partial charge in [0.25, 0.3) is 11.7 Å². The van der Waals surface area contributed by atoms with Crippen molar-refractivity contribution in [3.05, 3.63) is 59.4 Å². The fourth-order valence-electron chi connectivity index (χ4n) is 3.53. The third-order valence-corrected chi connectivity index (χ3v) is 5.04. The lowest BCUT2D eigenvalue weighted by atomic mass is 10.1. The van der Waals surface area contributed by atoms with Crippen molar-refractivity contribution in [2.45, 2.75) is 40.8 Å². The molecule has 1 N–H and O–H groups in total. The molecule has 0 aliphatic rings. The Morgan fingerprint density at radius 1 is 1.03 bits per heavy atom. The van der Waals surface area contributed by atoms with Gasteiger partial charge in [-0.25, -0.2) is 13.9 Å². The highest BCUT2D eigenvalue weighted by atomic mass is 16.5. The van der Waals surface area contributed by atoms with E-state index >= 15 is 0 Å². The highest BCUT2D eigenvalue weighted by molar-refractivity contribution is 5.96. The number of carbonyl (C=O) groups is 3. The maximum atomic E-state index is 12.7. The molecule has 0 saturated heterocycles. The number of rotatable bonds is 7. The largest absolute Gasteiger partial charge is 0.462 e. The Morgan fingerprint density at radius 2 is 1.70 bits per heavy atom. The van der Waals surface area contributed by atoms with Crippen LogP contribution >= 0.6 is 0 Å². The van der Waals surface area contributed by atoms with E-state index in [2.05, 4.69) is 9.88 Å². The maximum absolute atomic E-state index is 12.7. The van der Waals surface area contributed by atoms with E-state index in [0.29, 0.717) is 23.4 Å². The number of hydrogen-bond acceptors (Lipinski definition) is 4. The Morgan fingerprint density at radius 3 is 2.30 bits per heavy atom. The van der Waals surface area contributed by atoms with Crippen LogP contribution in [0.25, 0.3) is 11.0 Å². The van der Waals surface area contributed by atoms with Crippen LogP contribution in [0.1, 0.15) is 47.3 Å². The second-order valence-electron chi connectivity index (χ2n) is 6.98. The Labute approximate surface area is 175 Å². The van der Waals surface area contributed by atoms with Crippen molar-refractivity contribution in [2.24, 2.45) is 0 Å². The summed E-state index contributed by atoms with van der Waals surface area (Å²) in [7, 11) is 0. The van der Waals surface area contributed by atoms with Crippen LogP contribution in [0.5, 0.6) is 0 Å². The van der Waals surface area contributed by atoms with Gasteiger partial charge >= 0.3 is 5.97 Å². The third-order valence-electron chi connectivity index (χ3n) is 5.04. The van der Waals surface area contributed by atoms with Crippen LogP contribution in [0.15, 0.2) is 42.5 Å². The molecule has 1 heterocycles. The van der Waals surface area contributed by atoms with Gasteiger partial charge in [0, 0.05) is 24.2 Å². The van der Waals surface area contributed by atoms with Gasteiger partial charge in [0.15, 0.2) is 23.4 Å². The highest BCUT2D eigenvalue weighted by Gasteiger charge is 2.24. The first-order chi connectivity index (χ1) is 14.3. The van der Waals surface area contributed by atoms with Crippen LogP contribution in [0.4, 0.5) is 5.69 Å². The van der Waals surface area contributed by atoms with Crippen LogP contribution in [0.3, 0.4) is 0 Å². The van der Waals surface area contributed by atoms with Crippen molar-refractivity contribution in [1.29, 1.82) is 0 Å². The number of hydrogen-bond donors (Lipinski definition) is 1. The first kappa shape index (κ1) is 21.2. The van der Waals surface area contributed by atoms with Crippen molar-refractivity contribution in [3.8, 4) is 0 Å². The molecule has 0 aliphatic carbocycles. The molecule has 7 heteroatoms. The van der Waals surface area contributed by atoms with Crippen molar-refractivity contribution in [2.75, 3.05) is 11.9 Å². The minimum Gasteiger partial charge on any atom is -0.462 e. The number of benzene rings is 2. The van der Waals surface area contributed by atoms with E-state index in [-0.39, 0.29) is 24.2 Å².